The van der Waals surface area contributed by atoms with E-state index < -0.39 is 0 Å². The second kappa shape index (κ2) is 8.20. The van der Waals surface area contributed by atoms with Gasteiger partial charge in [0.2, 0.25) is 0 Å². The van der Waals surface area contributed by atoms with Crippen molar-refractivity contribution in [2.75, 3.05) is 46.3 Å². The molecule has 0 amide bonds. The number of rotatable bonds is 6. The summed E-state index contributed by atoms with van der Waals surface area (Å²) in [7, 11) is 2.19. The molecule has 1 aromatic rings. The fourth-order valence-corrected chi connectivity index (χ4v) is 2.70. The number of hydrogen-bond donors (Lipinski definition) is 1. The van der Waals surface area contributed by atoms with Gasteiger partial charge >= 0.3 is 0 Å². The SMILES string of the molecule is CN1CCN(CCCNCc2ccc(Cl)c(Cl)c2)CC1. The van der Waals surface area contributed by atoms with Crippen molar-refractivity contribution in [1.29, 1.82) is 0 Å². The Labute approximate surface area is 131 Å². The zero-order chi connectivity index (χ0) is 14.4. The van der Waals surface area contributed by atoms with Crippen LogP contribution in [-0.2, 0) is 6.54 Å². The molecule has 1 aliphatic rings. The smallest absolute Gasteiger partial charge is 0.0595 e. The molecule has 112 valence electrons. The van der Waals surface area contributed by atoms with Gasteiger partial charge in [0.1, 0.15) is 0 Å². The fraction of sp³-hybridized carbons (Fsp3) is 0.600. The second-order valence-electron chi connectivity index (χ2n) is 5.42. The highest BCUT2D eigenvalue weighted by Gasteiger charge is 2.12. The van der Waals surface area contributed by atoms with Crippen molar-refractivity contribution in [1.82, 2.24) is 15.1 Å². The molecule has 0 atom stereocenters. The van der Waals surface area contributed by atoms with Gasteiger partial charge in [0, 0.05) is 32.7 Å². The molecule has 0 saturated carbocycles. The van der Waals surface area contributed by atoms with Gasteiger partial charge in [-0.2, -0.15) is 0 Å². The first-order valence-electron chi connectivity index (χ1n) is 7.21. The number of benzene rings is 1. The summed E-state index contributed by atoms with van der Waals surface area (Å²) < 4.78 is 0. The van der Waals surface area contributed by atoms with Gasteiger partial charge < -0.3 is 15.1 Å². The monoisotopic (exact) mass is 315 g/mol. The van der Waals surface area contributed by atoms with Crippen LogP contribution < -0.4 is 5.32 Å². The van der Waals surface area contributed by atoms with E-state index in [1.807, 2.05) is 18.2 Å². The molecular weight excluding hydrogens is 293 g/mol. The Morgan fingerprint density at radius 1 is 1.10 bits per heavy atom. The maximum absolute atomic E-state index is 6.00. The third-order valence-electron chi connectivity index (χ3n) is 3.74. The minimum Gasteiger partial charge on any atom is -0.313 e. The van der Waals surface area contributed by atoms with Gasteiger partial charge in [-0.05, 0) is 44.3 Å². The van der Waals surface area contributed by atoms with Gasteiger partial charge in [-0.3, -0.25) is 0 Å². The number of nitrogens with one attached hydrogen (secondary N) is 1. The molecule has 20 heavy (non-hydrogen) atoms. The molecule has 0 aromatic heterocycles. The molecule has 1 aromatic carbocycles. The van der Waals surface area contributed by atoms with E-state index in [4.69, 9.17) is 23.2 Å². The van der Waals surface area contributed by atoms with E-state index in [-0.39, 0.29) is 0 Å². The van der Waals surface area contributed by atoms with Gasteiger partial charge in [0.25, 0.3) is 0 Å². The molecule has 1 aliphatic heterocycles. The van der Waals surface area contributed by atoms with Crippen LogP contribution in [0.5, 0.6) is 0 Å². The Morgan fingerprint density at radius 3 is 2.55 bits per heavy atom. The van der Waals surface area contributed by atoms with Crippen molar-refractivity contribution in [3.8, 4) is 0 Å². The minimum absolute atomic E-state index is 0.616. The largest absolute Gasteiger partial charge is 0.313 e. The topological polar surface area (TPSA) is 18.5 Å². The Hall–Kier alpha value is -0.320. The maximum Gasteiger partial charge on any atom is 0.0595 e. The minimum atomic E-state index is 0.616. The molecular formula is C15H23Cl2N3. The van der Waals surface area contributed by atoms with Gasteiger partial charge in [-0.1, -0.05) is 29.3 Å². The zero-order valence-corrected chi connectivity index (χ0v) is 13.6. The van der Waals surface area contributed by atoms with Crippen LogP contribution in [0.2, 0.25) is 10.0 Å². The van der Waals surface area contributed by atoms with Gasteiger partial charge in [0.15, 0.2) is 0 Å². The summed E-state index contributed by atoms with van der Waals surface area (Å²) in [5, 5.41) is 4.70. The van der Waals surface area contributed by atoms with Crippen molar-refractivity contribution >= 4 is 23.2 Å². The highest BCUT2D eigenvalue weighted by molar-refractivity contribution is 6.42. The van der Waals surface area contributed by atoms with Crippen LogP contribution in [0.4, 0.5) is 0 Å². The molecule has 0 radical (unpaired) electrons. The Morgan fingerprint density at radius 2 is 1.85 bits per heavy atom. The van der Waals surface area contributed by atoms with Crippen LogP contribution >= 0.6 is 23.2 Å². The van der Waals surface area contributed by atoms with Crippen LogP contribution in [0, 0.1) is 0 Å². The number of hydrogen-bond acceptors (Lipinski definition) is 3. The lowest BCUT2D eigenvalue weighted by Gasteiger charge is -2.32. The molecule has 3 nitrogen and oxygen atoms in total. The standard InChI is InChI=1S/C15H23Cl2N3/c1-19-7-9-20(10-8-19)6-2-5-18-12-13-3-4-14(16)15(17)11-13/h3-4,11,18H,2,5-10,12H2,1H3. The van der Waals surface area contributed by atoms with Crippen LogP contribution in [0.1, 0.15) is 12.0 Å². The van der Waals surface area contributed by atoms with Crippen LogP contribution in [0.15, 0.2) is 18.2 Å². The summed E-state index contributed by atoms with van der Waals surface area (Å²) in [6.45, 7) is 7.84. The summed E-state index contributed by atoms with van der Waals surface area (Å²) in [4.78, 5) is 4.93. The Kier molecular flexibility index (Phi) is 6.59. The van der Waals surface area contributed by atoms with E-state index in [0.717, 1.165) is 13.1 Å². The first kappa shape index (κ1) is 16.1. The highest BCUT2D eigenvalue weighted by Crippen LogP contribution is 2.22. The van der Waals surface area contributed by atoms with Gasteiger partial charge in [0.05, 0.1) is 10.0 Å². The van der Waals surface area contributed by atoms with Crippen LogP contribution in [0.25, 0.3) is 0 Å². The third-order valence-corrected chi connectivity index (χ3v) is 4.48. The van der Waals surface area contributed by atoms with E-state index in [0.29, 0.717) is 10.0 Å². The average molecular weight is 316 g/mol. The second-order valence-corrected chi connectivity index (χ2v) is 6.24. The number of piperazine rings is 1. The molecule has 5 heteroatoms. The number of halogens is 2. The molecule has 1 N–H and O–H groups in total. The maximum atomic E-state index is 6.00. The van der Waals surface area contributed by atoms with Crippen LogP contribution in [0.3, 0.4) is 0 Å². The molecule has 0 aliphatic carbocycles. The Balaban J connectivity index is 1.58. The molecule has 1 saturated heterocycles. The lowest BCUT2D eigenvalue weighted by Crippen LogP contribution is -2.45. The molecule has 0 bridgehead atoms. The third kappa shape index (κ3) is 5.23. The van der Waals surface area contributed by atoms with Crippen molar-refractivity contribution in [2.45, 2.75) is 13.0 Å². The number of nitrogens with zero attached hydrogens (tertiary/aromatic N) is 2. The van der Waals surface area contributed by atoms with Gasteiger partial charge in [-0.15, -0.1) is 0 Å². The van der Waals surface area contributed by atoms with E-state index >= 15 is 0 Å². The zero-order valence-electron chi connectivity index (χ0n) is 12.0. The molecule has 1 heterocycles. The quantitative estimate of drug-likeness (QED) is 0.814. The first-order valence-corrected chi connectivity index (χ1v) is 7.96. The van der Waals surface area contributed by atoms with Crippen molar-refractivity contribution < 1.29 is 0 Å². The van der Waals surface area contributed by atoms with E-state index in [1.165, 1.54) is 44.7 Å². The van der Waals surface area contributed by atoms with Crippen molar-refractivity contribution in [3.63, 3.8) is 0 Å². The van der Waals surface area contributed by atoms with E-state index in [2.05, 4.69) is 22.2 Å². The van der Waals surface area contributed by atoms with Gasteiger partial charge in [-0.25, -0.2) is 0 Å². The van der Waals surface area contributed by atoms with E-state index in [9.17, 15) is 0 Å². The Bertz CT molecular complexity index is 418. The molecule has 1 fully saturated rings. The highest BCUT2D eigenvalue weighted by atomic mass is 35.5. The summed E-state index contributed by atoms with van der Waals surface area (Å²) >= 11 is 11.9. The predicted molar refractivity (Wildman–Crippen MR) is 86.7 cm³/mol. The first-order chi connectivity index (χ1) is 9.65. The summed E-state index contributed by atoms with van der Waals surface area (Å²) in [5.41, 5.74) is 1.18. The number of likely N-dealkylation sites (N-methyl/N-ethyl adjacent to an activating group) is 1. The summed E-state index contributed by atoms with van der Waals surface area (Å²) in [6, 6.07) is 5.80. The fourth-order valence-electron chi connectivity index (χ4n) is 2.38. The lowest BCUT2D eigenvalue weighted by atomic mass is 10.2. The van der Waals surface area contributed by atoms with Crippen molar-refractivity contribution in [2.24, 2.45) is 0 Å². The lowest BCUT2D eigenvalue weighted by molar-refractivity contribution is 0.153. The normalized spacial score (nSPS) is 17.6. The summed E-state index contributed by atoms with van der Waals surface area (Å²) in [5.74, 6) is 0. The van der Waals surface area contributed by atoms with E-state index in [1.54, 1.807) is 0 Å². The summed E-state index contributed by atoms with van der Waals surface area (Å²) in [6.07, 6.45) is 1.19. The predicted octanol–water partition coefficient (Wildman–Crippen LogP) is 2.72. The van der Waals surface area contributed by atoms with Crippen molar-refractivity contribution in [3.05, 3.63) is 33.8 Å². The van der Waals surface area contributed by atoms with Crippen LogP contribution in [-0.4, -0.2) is 56.1 Å². The molecule has 0 spiro atoms. The molecule has 0 unspecified atom stereocenters. The molecule has 2 rings (SSSR count). The average Bonchev–Trinajstić information content (AvgIpc) is 2.44.